The van der Waals surface area contributed by atoms with E-state index in [9.17, 15) is 19.2 Å². The molecule has 222 valence electrons. The number of rotatable bonds is 13. The summed E-state index contributed by atoms with van der Waals surface area (Å²) in [6, 6.07) is 15.2. The minimum absolute atomic E-state index is 0.0322. The third kappa shape index (κ3) is 10.4. The summed E-state index contributed by atoms with van der Waals surface area (Å²) in [5.74, 6) is -0.731. The molecule has 0 radical (unpaired) electrons. The van der Waals surface area contributed by atoms with Gasteiger partial charge in [0, 0.05) is 29.5 Å². The molecule has 0 spiro atoms. The third-order valence-electron chi connectivity index (χ3n) is 7.07. The van der Waals surface area contributed by atoms with Gasteiger partial charge in [-0.2, -0.15) is 0 Å². The van der Waals surface area contributed by atoms with E-state index in [2.05, 4.69) is 38.5 Å². The van der Waals surface area contributed by atoms with E-state index in [-0.39, 0.29) is 29.6 Å². The standard InChI is InChI=1S/C32H43IN4O4/c1-21(2)16-26(36-32(41)28-14-9-15-37(28)29(38)17-22(3)4)31(40)35-27(19-23-10-6-5-7-11-23)30(39)34-20-24-12-8-13-25(33)18-24/h5-8,10-13,18,21-22,26-28H,9,14-17,19-20H2,1-4H3,(H,34,39)(H,35,40)(H,36,41)/t26?,27-,28-/m0/s1. The van der Waals surface area contributed by atoms with E-state index in [0.29, 0.717) is 38.8 Å². The number of benzene rings is 2. The molecule has 1 aliphatic rings. The number of nitrogens with zero attached hydrogens (tertiary/aromatic N) is 1. The maximum atomic E-state index is 13.6. The van der Waals surface area contributed by atoms with Gasteiger partial charge in [-0.1, -0.05) is 70.2 Å². The van der Waals surface area contributed by atoms with Gasteiger partial charge in [0.2, 0.25) is 23.6 Å². The monoisotopic (exact) mass is 674 g/mol. The van der Waals surface area contributed by atoms with Crippen molar-refractivity contribution in [2.24, 2.45) is 11.8 Å². The van der Waals surface area contributed by atoms with Gasteiger partial charge in [-0.05, 0) is 76.9 Å². The second kappa shape index (κ2) is 15.9. The van der Waals surface area contributed by atoms with Gasteiger partial charge in [0.15, 0.2) is 0 Å². The van der Waals surface area contributed by atoms with Gasteiger partial charge in [0.25, 0.3) is 0 Å². The van der Waals surface area contributed by atoms with Gasteiger partial charge in [-0.25, -0.2) is 0 Å². The van der Waals surface area contributed by atoms with Crippen LogP contribution in [0.15, 0.2) is 54.6 Å². The summed E-state index contributed by atoms with van der Waals surface area (Å²) >= 11 is 2.23. The molecule has 3 rings (SSSR count). The van der Waals surface area contributed by atoms with Crippen LogP contribution in [-0.2, 0) is 32.1 Å². The molecular formula is C32H43IN4O4. The van der Waals surface area contributed by atoms with Crippen LogP contribution in [0.1, 0.15) is 64.5 Å². The Morgan fingerprint density at radius 3 is 2.24 bits per heavy atom. The van der Waals surface area contributed by atoms with E-state index in [1.807, 2.05) is 82.3 Å². The first-order chi connectivity index (χ1) is 19.5. The lowest BCUT2D eigenvalue weighted by Gasteiger charge is -2.28. The molecule has 8 nitrogen and oxygen atoms in total. The Kier molecular flexibility index (Phi) is 12.6. The topological polar surface area (TPSA) is 108 Å². The highest BCUT2D eigenvalue weighted by Gasteiger charge is 2.36. The first-order valence-electron chi connectivity index (χ1n) is 14.5. The number of halogens is 1. The van der Waals surface area contributed by atoms with Crippen molar-refractivity contribution in [2.75, 3.05) is 6.54 Å². The lowest BCUT2D eigenvalue weighted by molar-refractivity contribution is -0.140. The van der Waals surface area contributed by atoms with Crippen LogP contribution >= 0.6 is 22.6 Å². The number of carbonyl (C=O) groups excluding carboxylic acids is 4. The summed E-state index contributed by atoms with van der Waals surface area (Å²) in [5.41, 5.74) is 1.88. The normalized spacial score (nSPS) is 16.4. The highest BCUT2D eigenvalue weighted by molar-refractivity contribution is 14.1. The van der Waals surface area contributed by atoms with Crippen molar-refractivity contribution in [1.82, 2.24) is 20.9 Å². The predicted molar refractivity (Wildman–Crippen MR) is 169 cm³/mol. The summed E-state index contributed by atoms with van der Waals surface area (Å²) in [6.45, 7) is 8.81. The SMILES string of the molecule is CC(C)CC(=O)N1CCC[C@H]1C(=O)NC(CC(C)C)C(=O)N[C@@H](Cc1ccccc1)C(=O)NCc1cccc(I)c1. The number of amides is 4. The number of hydrogen-bond acceptors (Lipinski definition) is 4. The van der Waals surface area contributed by atoms with Crippen molar-refractivity contribution in [2.45, 2.75) is 84.5 Å². The van der Waals surface area contributed by atoms with Crippen molar-refractivity contribution >= 4 is 46.2 Å². The Morgan fingerprint density at radius 1 is 0.878 bits per heavy atom. The molecule has 3 atom stereocenters. The van der Waals surface area contributed by atoms with Gasteiger partial charge in [0.1, 0.15) is 18.1 Å². The Morgan fingerprint density at radius 2 is 1.59 bits per heavy atom. The number of likely N-dealkylation sites (tertiary alicyclic amines) is 1. The summed E-state index contributed by atoms with van der Waals surface area (Å²) in [7, 11) is 0. The Hall–Kier alpha value is -2.95. The molecule has 1 aliphatic heterocycles. The molecule has 1 heterocycles. The molecule has 41 heavy (non-hydrogen) atoms. The molecule has 1 unspecified atom stereocenters. The molecular weight excluding hydrogens is 631 g/mol. The van der Waals surface area contributed by atoms with Crippen LogP contribution in [0.25, 0.3) is 0 Å². The van der Waals surface area contributed by atoms with Crippen LogP contribution < -0.4 is 16.0 Å². The van der Waals surface area contributed by atoms with Crippen LogP contribution in [0.4, 0.5) is 0 Å². The van der Waals surface area contributed by atoms with Crippen LogP contribution in [0.2, 0.25) is 0 Å². The fraction of sp³-hybridized carbons (Fsp3) is 0.500. The van der Waals surface area contributed by atoms with Crippen molar-refractivity contribution < 1.29 is 19.2 Å². The van der Waals surface area contributed by atoms with Gasteiger partial charge in [-0.15, -0.1) is 0 Å². The Balaban J connectivity index is 1.73. The zero-order valence-electron chi connectivity index (χ0n) is 24.5. The lowest BCUT2D eigenvalue weighted by atomic mass is 10.0. The van der Waals surface area contributed by atoms with Gasteiger partial charge < -0.3 is 20.9 Å². The van der Waals surface area contributed by atoms with Crippen molar-refractivity contribution in [3.05, 3.63) is 69.3 Å². The second-order valence-electron chi connectivity index (χ2n) is 11.6. The Bertz CT molecular complexity index is 1190. The molecule has 0 aromatic heterocycles. The first-order valence-corrected chi connectivity index (χ1v) is 15.6. The summed E-state index contributed by atoms with van der Waals surface area (Å²) in [5, 5.41) is 8.81. The van der Waals surface area contributed by atoms with Crippen LogP contribution in [-0.4, -0.2) is 53.2 Å². The minimum Gasteiger partial charge on any atom is -0.350 e. The maximum absolute atomic E-state index is 13.6. The van der Waals surface area contributed by atoms with Gasteiger partial charge in [-0.3, -0.25) is 19.2 Å². The number of hydrogen-bond donors (Lipinski definition) is 3. The average molecular weight is 675 g/mol. The maximum Gasteiger partial charge on any atom is 0.243 e. The van der Waals surface area contributed by atoms with Gasteiger partial charge in [0.05, 0.1) is 0 Å². The molecule has 0 saturated carbocycles. The molecule has 2 aromatic rings. The van der Waals surface area contributed by atoms with Crippen LogP contribution in [0.5, 0.6) is 0 Å². The number of carbonyl (C=O) groups is 4. The highest BCUT2D eigenvalue weighted by atomic mass is 127. The minimum atomic E-state index is -0.827. The largest absolute Gasteiger partial charge is 0.350 e. The molecule has 2 aromatic carbocycles. The van der Waals surface area contributed by atoms with E-state index < -0.39 is 24.0 Å². The van der Waals surface area contributed by atoms with E-state index in [0.717, 1.165) is 21.1 Å². The zero-order chi connectivity index (χ0) is 29.9. The van der Waals surface area contributed by atoms with E-state index in [1.165, 1.54) is 0 Å². The third-order valence-corrected chi connectivity index (χ3v) is 7.74. The molecule has 0 bridgehead atoms. The molecule has 3 N–H and O–H groups in total. The van der Waals surface area contributed by atoms with Crippen molar-refractivity contribution in [3.63, 3.8) is 0 Å². The quantitative estimate of drug-likeness (QED) is 0.277. The average Bonchev–Trinajstić information content (AvgIpc) is 3.41. The van der Waals surface area contributed by atoms with Crippen LogP contribution in [0.3, 0.4) is 0 Å². The lowest BCUT2D eigenvalue weighted by Crippen LogP contribution is -2.57. The Labute approximate surface area is 257 Å². The molecule has 1 saturated heterocycles. The van der Waals surface area contributed by atoms with E-state index in [4.69, 9.17) is 0 Å². The number of nitrogens with one attached hydrogen (secondary N) is 3. The van der Waals surface area contributed by atoms with E-state index >= 15 is 0 Å². The smallest absolute Gasteiger partial charge is 0.243 e. The zero-order valence-corrected chi connectivity index (χ0v) is 26.6. The van der Waals surface area contributed by atoms with E-state index in [1.54, 1.807) is 4.90 Å². The molecule has 4 amide bonds. The molecule has 1 fully saturated rings. The molecule has 0 aliphatic carbocycles. The first kappa shape index (κ1) is 32.6. The predicted octanol–water partition coefficient (Wildman–Crippen LogP) is 4.20. The van der Waals surface area contributed by atoms with Crippen molar-refractivity contribution in [1.29, 1.82) is 0 Å². The second-order valence-corrected chi connectivity index (χ2v) is 12.9. The summed E-state index contributed by atoms with van der Waals surface area (Å²) in [6.07, 6.45) is 2.43. The molecule has 9 heteroatoms. The highest BCUT2D eigenvalue weighted by Crippen LogP contribution is 2.21. The van der Waals surface area contributed by atoms with Crippen molar-refractivity contribution in [3.8, 4) is 0 Å². The van der Waals surface area contributed by atoms with Crippen LogP contribution in [0, 0.1) is 15.4 Å². The summed E-state index contributed by atoms with van der Waals surface area (Å²) < 4.78 is 1.07. The van der Waals surface area contributed by atoms with Gasteiger partial charge >= 0.3 is 0 Å². The fourth-order valence-corrected chi connectivity index (χ4v) is 5.67. The summed E-state index contributed by atoms with van der Waals surface area (Å²) in [4.78, 5) is 54.8. The fourth-order valence-electron chi connectivity index (χ4n) is 5.07.